The fourth-order valence-electron chi connectivity index (χ4n) is 3.08. The van der Waals surface area contributed by atoms with E-state index in [2.05, 4.69) is 31.2 Å². The number of hydrogen-bond donors (Lipinski definition) is 0. The molecule has 0 unspecified atom stereocenters. The molecule has 0 amide bonds. The Balaban J connectivity index is 1.41. The molecule has 0 N–H and O–H groups in total. The molecule has 0 bridgehead atoms. The second kappa shape index (κ2) is 9.02. The highest BCUT2D eigenvalue weighted by atomic mass is 79.9. The number of halogens is 2. The van der Waals surface area contributed by atoms with E-state index in [1.165, 1.54) is 0 Å². The number of aromatic nitrogens is 4. The van der Waals surface area contributed by atoms with Gasteiger partial charge in [-0.15, -0.1) is 10.2 Å². The summed E-state index contributed by atoms with van der Waals surface area (Å²) in [4.78, 5) is 0. The predicted octanol–water partition coefficient (Wildman–Crippen LogP) is 5.79. The minimum Gasteiger partial charge on any atom is -0.489 e. The summed E-state index contributed by atoms with van der Waals surface area (Å²) in [5.41, 5.74) is 3.64. The van der Waals surface area contributed by atoms with Crippen molar-refractivity contribution in [1.29, 1.82) is 0 Å². The highest BCUT2D eigenvalue weighted by Gasteiger charge is 2.12. The molecule has 2 heterocycles. The average Bonchev–Trinajstić information content (AvgIpc) is 3.32. The summed E-state index contributed by atoms with van der Waals surface area (Å²) in [7, 11) is 0. The fraction of sp³-hybridized carbons (Fsp3) is 0.227. The molecule has 0 spiro atoms. The third-order valence-electron chi connectivity index (χ3n) is 4.67. The first-order chi connectivity index (χ1) is 14.5. The second-order valence-electron chi connectivity index (χ2n) is 6.91. The number of benzene rings is 2. The third kappa shape index (κ3) is 4.74. The van der Waals surface area contributed by atoms with Gasteiger partial charge in [0.1, 0.15) is 12.4 Å². The Morgan fingerprint density at radius 1 is 1.10 bits per heavy atom. The van der Waals surface area contributed by atoms with Gasteiger partial charge in [-0.05, 0) is 49.7 Å². The van der Waals surface area contributed by atoms with E-state index in [9.17, 15) is 0 Å². The molecule has 4 rings (SSSR count). The first-order valence-electron chi connectivity index (χ1n) is 9.49. The van der Waals surface area contributed by atoms with E-state index in [0.29, 0.717) is 36.4 Å². The van der Waals surface area contributed by atoms with Gasteiger partial charge in [0.25, 0.3) is 0 Å². The number of hydrogen-bond acceptors (Lipinski definition) is 5. The second-order valence-corrected chi connectivity index (χ2v) is 8.20. The SMILES string of the molecule is Cc1nn(CCc2nnc(-c3cccc(COc4cccc(Br)c4)c3)o2)c(C)c1Cl. The van der Waals surface area contributed by atoms with Crippen LogP contribution in [0.3, 0.4) is 0 Å². The first-order valence-corrected chi connectivity index (χ1v) is 10.7. The quantitative estimate of drug-likeness (QED) is 0.330. The van der Waals surface area contributed by atoms with Crippen LogP contribution in [0.25, 0.3) is 11.5 Å². The zero-order valence-electron chi connectivity index (χ0n) is 16.6. The zero-order chi connectivity index (χ0) is 21.1. The zero-order valence-corrected chi connectivity index (χ0v) is 18.9. The minimum atomic E-state index is 0.448. The Kier molecular flexibility index (Phi) is 6.20. The lowest BCUT2D eigenvalue weighted by atomic mass is 10.1. The molecule has 30 heavy (non-hydrogen) atoms. The van der Waals surface area contributed by atoms with Gasteiger partial charge in [-0.25, -0.2) is 0 Å². The summed E-state index contributed by atoms with van der Waals surface area (Å²) in [6.45, 7) is 4.92. The van der Waals surface area contributed by atoms with Gasteiger partial charge in [-0.2, -0.15) is 5.10 Å². The summed E-state index contributed by atoms with van der Waals surface area (Å²) >= 11 is 9.65. The molecule has 0 saturated heterocycles. The highest BCUT2D eigenvalue weighted by Crippen LogP contribution is 2.23. The molecule has 6 nitrogen and oxygen atoms in total. The summed E-state index contributed by atoms with van der Waals surface area (Å²) in [6.07, 6.45) is 0.580. The summed E-state index contributed by atoms with van der Waals surface area (Å²) < 4.78 is 14.6. The lowest BCUT2D eigenvalue weighted by Gasteiger charge is -2.07. The van der Waals surface area contributed by atoms with Crippen molar-refractivity contribution in [2.75, 3.05) is 0 Å². The minimum absolute atomic E-state index is 0.448. The van der Waals surface area contributed by atoms with Crippen molar-refractivity contribution in [1.82, 2.24) is 20.0 Å². The van der Waals surface area contributed by atoms with Gasteiger partial charge in [0.2, 0.25) is 11.8 Å². The molecule has 0 atom stereocenters. The van der Waals surface area contributed by atoms with Crippen molar-refractivity contribution in [2.24, 2.45) is 0 Å². The van der Waals surface area contributed by atoms with E-state index in [-0.39, 0.29) is 0 Å². The summed E-state index contributed by atoms with van der Waals surface area (Å²) in [6, 6.07) is 15.7. The fourth-order valence-corrected chi connectivity index (χ4v) is 3.60. The van der Waals surface area contributed by atoms with Crippen molar-refractivity contribution in [3.05, 3.63) is 80.9 Å². The molecule has 2 aromatic heterocycles. The van der Waals surface area contributed by atoms with E-state index >= 15 is 0 Å². The largest absolute Gasteiger partial charge is 0.489 e. The maximum absolute atomic E-state index is 6.20. The molecule has 0 radical (unpaired) electrons. The lowest BCUT2D eigenvalue weighted by molar-refractivity contribution is 0.306. The Labute approximate surface area is 188 Å². The van der Waals surface area contributed by atoms with Gasteiger partial charge in [-0.3, -0.25) is 4.68 Å². The summed E-state index contributed by atoms with van der Waals surface area (Å²) in [5, 5.41) is 13.5. The maximum Gasteiger partial charge on any atom is 0.247 e. The van der Waals surface area contributed by atoms with Gasteiger partial charge >= 0.3 is 0 Å². The van der Waals surface area contributed by atoms with Crippen LogP contribution in [0, 0.1) is 13.8 Å². The van der Waals surface area contributed by atoms with Crippen LogP contribution in [-0.4, -0.2) is 20.0 Å². The van der Waals surface area contributed by atoms with Crippen LogP contribution in [0.15, 0.2) is 57.4 Å². The molecular formula is C22H20BrClN4O2. The highest BCUT2D eigenvalue weighted by molar-refractivity contribution is 9.10. The topological polar surface area (TPSA) is 66.0 Å². The van der Waals surface area contributed by atoms with E-state index in [1.807, 2.05) is 67.1 Å². The van der Waals surface area contributed by atoms with Crippen molar-refractivity contribution in [2.45, 2.75) is 33.4 Å². The molecule has 0 aliphatic heterocycles. The van der Waals surface area contributed by atoms with Crippen LogP contribution in [0.1, 0.15) is 22.8 Å². The van der Waals surface area contributed by atoms with E-state index in [0.717, 1.165) is 32.7 Å². The lowest BCUT2D eigenvalue weighted by Crippen LogP contribution is -2.05. The van der Waals surface area contributed by atoms with Crippen LogP contribution < -0.4 is 4.74 Å². The molecule has 154 valence electrons. The smallest absolute Gasteiger partial charge is 0.247 e. The molecule has 0 aliphatic rings. The normalized spacial score (nSPS) is 11.1. The van der Waals surface area contributed by atoms with Crippen LogP contribution in [0.5, 0.6) is 5.75 Å². The molecule has 4 aromatic rings. The van der Waals surface area contributed by atoms with E-state index < -0.39 is 0 Å². The number of aryl methyl sites for hydroxylation is 3. The van der Waals surface area contributed by atoms with Gasteiger partial charge in [0.15, 0.2) is 0 Å². The van der Waals surface area contributed by atoms with Crippen molar-refractivity contribution >= 4 is 27.5 Å². The van der Waals surface area contributed by atoms with Gasteiger partial charge in [0, 0.05) is 23.0 Å². The van der Waals surface area contributed by atoms with Crippen LogP contribution in [-0.2, 0) is 19.6 Å². The van der Waals surface area contributed by atoms with Crippen molar-refractivity contribution in [3.8, 4) is 17.2 Å². The Hall–Kier alpha value is -2.64. The van der Waals surface area contributed by atoms with E-state index in [1.54, 1.807) is 0 Å². The van der Waals surface area contributed by atoms with Crippen LogP contribution >= 0.6 is 27.5 Å². The standard InChI is InChI=1S/C22H20BrClN4O2/c1-14-21(24)15(2)28(27-14)10-9-20-25-26-22(30-20)17-6-3-5-16(11-17)13-29-19-8-4-7-18(23)12-19/h3-8,11-12H,9-10,13H2,1-2H3. The van der Waals surface area contributed by atoms with Crippen molar-refractivity contribution in [3.63, 3.8) is 0 Å². The molecule has 0 aliphatic carbocycles. The predicted molar refractivity (Wildman–Crippen MR) is 119 cm³/mol. The molecular weight excluding hydrogens is 468 g/mol. The maximum atomic E-state index is 6.20. The van der Waals surface area contributed by atoms with Crippen LogP contribution in [0.4, 0.5) is 0 Å². The van der Waals surface area contributed by atoms with Crippen LogP contribution in [0.2, 0.25) is 5.02 Å². The van der Waals surface area contributed by atoms with Gasteiger partial charge < -0.3 is 9.15 Å². The molecule has 0 saturated carbocycles. The van der Waals surface area contributed by atoms with Gasteiger partial charge in [-0.1, -0.05) is 45.7 Å². The summed E-state index contributed by atoms with van der Waals surface area (Å²) in [5.74, 6) is 1.85. The average molecular weight is 488 g/mol. The molecule has 0 fully saturated rings. The first kappa shape index (κ1) is 20.6. The van der Waals surface area contributed by atoms with Gasteiger partial charge in [0.05, 0.1) is 16.4 Å². The Bertz CT molecular complexity index is 1170. The third-order valence-corrected chi connectivity index (χ3v) is 5.71. The Morgan fingerprint density at radius 2 is 1.93 bits per heavy atom. The monoisotopic (exact) mass is 486 g/mol. The number of rotatable bonds is 7. The van der Waals surface area contributed by atoms with E-state index in [4.69, 9.17) is 20.8 Å². The number of nitrogens with zero attached hydrogens (tertiary/aromatic N) is 4. The number of ether oxygens (including phenoxy) is 1. The van der Waals surface area contributed by atoms with Crippen molar-refractivity contribution < 1.29 is 9.15 Å². The Morgan fingerprint density at radius 3 is 2.70 bits per heavy atom. The molecule has 8 heteroatoms. The molecule has 2 aromatic carbocycles.